The lowest BCUT2D eigenvalue weighted by Gasteiger charge is -2.02. The maximum absolute atomic E-state index is 4.12. The summed E-state index contributed by atoms with van der Waals surface area (Å²) in [5.41, 5.74) is 1.27. The molecule has 0 saturated heterocycles. The summed E-state index contributed by atoms with van der Waals surface area (Å²) in [6.07, 6.45) is 6.16. The van der Waals surface area contributed by atoms with E-state index in [1.807, 2.05) is 19.1 Å². The van der Waals surface area contributed by atoms with Gasteiger partial charge in [-0.3, -0.25) is 0 Å². The average Bonchev–Trinajstić information content (AvgIpc) is 2.26. The summed E-state index contributed by atoms with van der Waals surface area (Å²) in [7, 11) is 0. The third kappa shape index (κ3) is 3.37. The minimum absolute atomic E-state index is 0.896. The quantitative estimate of drug-likeness (QED) is 0.779. The van der Waals surface area contributed by atoms with Crippen LogP contribution in [0.1, 0.15) is 19.4 Å². The molecule has 0 amide bonds. The van der Waals surface area contributed by atoms with Crippen LogP contribution in [0, 0.1) is 0 Å². The molecular weight excluding hydrogens is 182 g/mol. The maximum Gasteiger partial charge on any atom is 0.0211 e. The highest BCUT2D eigenvalue weighted by atomic mass is 14.8. The fourth-order valence-corrected chi connectivity index (χ4v) is 1.44. The smallest absolute Gasteiger partial charge is 0.0211 e. The highest BCUT2D eigenvalue weighted by Crippen LogP contribution is 1.87. The van der Waals surface area contributed by atoms with E-state index in [0.29, 0.717) is 0 Å². The van der Waals surface area contributed by atoms with E-state index in [1.54, 1.807) is 0 Å². The molecule has 1 aromatic carbocycles. The number of hydrogen-bond acceptors (Lipinski definition) is 1. The Morgan fingerprint density at radius 3 is 2.87 bits per heavy atom. The fourth-order valence-electron chi connectivity index (χ4n) is 1.44. The van der Waals surface area contributed by atoms with E-state index in [4.69, 9.17) is 0 Å². The van der Waals surface area contributed by atoms with Gasteiger partial charge < -0.3 is 5.32 Å². The topological polar surface area (TPSA) is 12.0 Å². The minimum Gasteiger partial charge on any atom is -0.313 e. The lowest BCUT2D eigenvalue weighted by molar-refractivity contribution is 0.723. The molecule has 1 aromatic rings. The van der Waals surface area contributed by atoms with Gasteiger partial charge in [0.2, 0.25) is 0 Å². The first kappa shape index (κ1) is 11.7. The van der Waals surface area contributed by atoms with Gasteiger partial charge in [-0.25, -0.2) is 0 Å². The van der Waals surface area contributed by atoms with E-state index in [1.165, 1.54) is 10.8 Å². The Kier molecular flexibility index (Phi) is 4.85. The van der Waals surface area contributed by atoms with Crippen molar-refractivity contribution in [2.75, 3.05) is 6.54 Å². The van der Waals surface area contributed by atoms with E-state index < -0.39 is 0 Å². The molecular formula is C14H19N. The van der Waals surface area contributed by atoms with Crippen LogP contribution in [0.15, 0.2) is 30.4 Å². The Bertz CT molecular complexity index is 429. The SMILES string of the molecule is C=c1c(CNCC)ccc/c1=C/C=C\C. The lowest BCUT2D eigenvalue weighted by Crippen LogP contribution is -2.29. The zero-order chi connectivity index (χ0) is 11.1. The second kappa shape index (κ2) is 6.20. The molecule has 80 valence electrons. The van der Waals surface area contributed by atoms with Gasteiger partial charge in [-0.2, -0.15) is 0 Å². The first-order valence-corrected chi connectivity index (χ1v) is 5.40. The van der Waals surface area contributed by atoms with Crippen molar-refractivity contribution in [2.24, 2.45) is 0 Å². The van der Waals surface area contributed by atoms with Gasteiger partial charge >= 0.3 is 0 Å². The number of benzene rings is 1. The maximum atomic E-state index is 4.12. The van der Waals surface area contributed by atoms with Gasteiger partial charge in [0.25, 0.3) is 0 Å². The van der Waals surface area contributed by atoms with Gasteiger partial charge in [-0.15, -0.1) is 0 Å². The highest BCUT2D eigenvalue weighted by molar-refractivity contribution is 5.39. The van der Waals surface area contributed by atoms with Crippen LogP contribution < -0.4 is 15.8 Å². The van der Waals surface area contributed by atoms with Crippen molar-refractivity contribution in [1.29, 1.82) is 0 Å². The van der Waals surface area contributed by atoms with E-state index >= 15 is 0 Å². The van der Waals surface area contributed by atoms with Crippen LogP contribution in [0.3, 0.4) is 0 Å². The van der Waals surface area contributed by atoms with E-state index in [-0.39, 0.29) is 0 Å². The molecule has 1 rings (SSSR count). The summed E-state index contributed by atoms with van der Waals surface area (Å²) in [4.78, 5) is 0. The summed E-state index contributed by atoms with van der Waals surface area (Å²) in [5, 5.41) is 5.64. The Balaban J connectivity index is 3.06. The fraction of sp³-hybridized carbons (Fsp3) is 0.286. The Hall–Kier alpha value is -1.34. The van der Waals surface area contributed by atoms with Crippen molar-refractivity contribution < 1.29 is 0 Å². The molecule has 0 aliphatic rings. The lowest BCUT2D eigenvalue weighted by atomic mass is 10.1. The Labute approximate surface area is 91.8 Å². The molecule has 0 aliphatic carbocycles. The van der Waals surface area contributed by atoms with Crippen LogP contribution in [0.5, 0.6) is 0 Å². The number of hydrogen-bond donors (Lipinski definition) is 1. The largest absolute Gasteiger partial charge is 0.313 e. The van der Waals surface area contributed by atoms with Crippen molar-refractivity contribution in [2.45, 2.75) is 20.4 Å². The van der Waals surface area contributed by atoms with Crippen molar-refractivity contribution in [1.82, 2.24) is 5.32 Å². The van der Waals surface area contributed by atoms with Crippen LogP contribution in [-0.4, -0.2) is 6.54 Å². The van der Waals surface area contributed by atoms with Crippen LogP contribution in [0.25, 0.3) is 12.7 Å². The monoisotopic (exact) mass is 201 g/mol. The van der Waals surface area contributed by atoms with Crippen LogP contribution in [0.2, 0.25) is 0 Å². The van der Waals surface area contributed by atoms with E-state index in [2.05, 4.69) is 43.1 Å². The molecule has 0 fully saturated rings. The second-order valence-corrected chi connectivity index (χ2v) is 3.46. The normalized spacial score (nSPS) is 12.5. The third-order valence-corrected chi connectivity index (χ3v) is 2.34. The van der Waals surface area contributed by atoms with Crippen molar-refractivity contribution in [3.63, 3.8) is 0 Å². The average molecular weight is 201 g/mol. The van der Waals surface area contributed by atoms with E-state index in [0.717, 1.165) is 18.3 Å². The van der Waals surface area contributed by atoms with Crippen LogP contribution in [0.4, 0.5) is 0 Å². The molecule has 0 atom stereocenters. The summed E-state index contributed by atoms with van der Waals surface area (Å²) in [6, 6.07) is 6.30. The van der Waals surface area contributed by atoms with Gasteiger partial charge in [-0.1, -0.05) is 49.9 Å². The van der Waals surface area contributed by atoms with Crippen LogP contribution >= 0.6 is 0 Å². The zero-order valence-corrected chi connectivity index (χ0v) is 9.59. The summed E-state index contributed by atoms with van der Waals surface area (Å²) >= 11 is 0. The molecule has 0 spiro atoms. The number of nitrogens with one attached hydrogen (secondary N) is 1. The van der Waals surface area contributed by atoms with Gasteiger partial charge in [0.1, 0.15) is 0 Å². The van der Waals surface area contributed by atoms with Crippen molar-refractivity contribution >= 4 is 12.7 Å². The predicted octanol–water partition coefficient (Wildman–Crippen LogP) is 1.56. The molecule has 1 heteroatoms. The second-order valence-electron chi connectivity index (χ2n) is 3.46. The standard InChI is InChI=1S/C14H19N/c1-4-6-8-13-9-7-10-14(12(13)3)11-15-5-2/h4,6-10,15H,3,5,11H2,1-2H3/b6-4-,13-8-. The van der Waals surface area contributed by atoms with Gasteiger partial charge in [0, 0.05) is 6.54 Å². The third-order valence-electron chi connectivity index (χ3n) is 2.34. The zero-order valence-electron chi connectivity index (χ0n) is 9.59. The Morgan fingerprint density at radius 2 is 2.20 bits per heavy atom. The minimum atomic E-state index is 0.896. The van der Waals surface area contributed by atoms with Gasteiger partial charge in [-0.05, 0) is 29.5 Å². The molecule has 15 heavy (non-hydrogen) atoms. The Morgan fingerprint density at radius 1 is 1.40 bits per heavy atom. The van der Waals surface area contributed by atoms with Crippen molar-refractivity contribution in [3.05, 3.63) is 46.4 Å². The highest BCUT2D eigenvalue weighted by Gasteiger charge is 1.92. The van der Waals surface area contributed by atoms with Crippen molar-refractivity contribution in [3.8, 4) is 0 Å². The van der Waals surface area contributed by atoms with E-state index in [9.17, 15) is 0 Å². The molecule has 0 heterocycles. The molecule has 0 unspecified atom stereocenters. The summed E-state index contributed by atoms with van der Waals surface area (Å²) < 4.78 is 0. The van der Waals surface area contributed by atoms with Gasteiger partial charge in [0.15, 0.2) is 0 Å². The summed E-state index contributed by atoms with van der Waals surface area (Å²) in [6.45, 7) is 10.1. The molecule has 0 aromatic heterocycles. The first-order valence-electron chi connectivity index (χ1n) is 5.40. The summed E-state index contributed by atoms with van der Waals surface area (Å²) in [5.74, 6) is 0. The first-order chi connectivity index (χ1) is 7.29. The number of allylic oxidation sites excluding steroid dienone is 2. The molecule has 0 saturated carbocycles. The molecule has 0 aliphatic heterocycles. The molecule has 1 nitrogen and oxygen atoms in total. The molecule has 1 N–H and O–H groups in total. The van der Waals surface area contributed by atoms with Crippen LogP contribution in [-0.2, 0) is 6.54 Å². The molecule has 0 radical (unpaired) electrons. The molecule has 0 bridgehead atoms. The predicted molar refractivity (Wildman–Crippen MR) is 67.9 cm³/mol. The number of rotatable bonds is 4. The van der Waals surface area contributed by atoms with Gasteiger partial charge in [0.05, 0.1) is 0 Å².